The summed E-state index contributed by atoms with van der Waals surface area (Å²) in [6.45, 7) is 4.58. The molecule has 1 atom stereocenters. The molecule has 1 aromatic rings. The Kier molecular flexibility index (Phi) is 6.73. The number of hydrogen-bond acceptors (Lipinski definition) is 3. The van der Waals surface area contributed by atoms with E-state index < -0.39 is 0 Å². The Bertz CT molecular complexity index is 443. The molecule has 2 amide bonds. The quantitative estimate of drug-likeness (QED) is 0.707. The Balaban J connectivity index is 2.40. The summed E-state index contributed by atoms with van der Waals surface area (Å²) in [7, 11) is 1.56. The first kappa shape index (κ1) is 16.2. The van der Waals surface area contributed by atoms with Gasteiger partial charge in [0.15, 0.2) is 0 Å². The molecule has 0 saturated heterocycles. The van der Waals surface area contributed by atoms with E-state index in [1.54, 1.807) is 7.05 Å². The molecule has 110 valence electrons. The summed E-state index contributed by atoms with van der Waals surface area (Å²) in [4.78, 5) is 22.6. The van der Waals surface area contributed by atoms with Crippen molar-refractivity contribution in [3.63, 3.8) is 0 Å². The van der Waals surface area contributed by atoms with Crippen molar-refractivity contribution in [3.05, 3.63) is 29.8 Å². The van der Waals surface area contributed by atoms with E-state index in [-0.39, 0.29) is 24.9 Å². The standard InChI is InChI=1S/C15H23N3O2/c1-4-11(2)12-5-7-13(8-6-12)18-15(20)10-17-9-14(19)16-3/h5-8,11,17H,4,9-10H2,1-3H3,(H,16,19)(H,18,20)/t11-/m0/s1. The number of hydrogen-bond donors (Lipinski definition) is 3. The molecule has 0 fully saturated rings. The summed E-state index contributed by atoms with van der Waals surface area (Å²) in [5.74, 6) is 0.217. The molecule has 0 saturated carbocycles. The van der Waals surface area contributed by atoms with Gasteiger partial charge in [-0.15, -0.1) is 0 Å². The van der Waals surface area contributed by atoms with Crippen molar-refractivity contribution in [2.75, 3.05) is 25.5 Å². The van der Waals surface area contributed by atoms with Crippen molar-refractivity contribution < 1.29 is 9.59 Å². The molecule has 0 heterocycles. The Morgan fingerprint density at radius 1 is 1.10 bits per heavy atom. The van der Waals surface area contributed by atoms with Gasteiger partial charge in [-0.1, -0.05) is 26.0 Å². The lowest BCUT2D eigenvalue weighted by molar-refractivity contribution is -0.119. The molecule has 0 bridgehead atoms. The predicted octanol–water partition coefficient (Wildman–Crippen LogP) is 1.47. The van der Waals surface area contributed by atoms with Gasteiger partial charge in [-0.25, -0.2) is 0 Å². The summed E-state index contributed by atoms with van der Waals surface area (Å²) in [5, 5.41) is 8.03. The maximum Gasteiger partial charge on any atom is 0.238 e. The van der Waals surface area contributed by atoms with Gasteiger partial charge < -0.3 is 10.6 Å². The van der Waals surface area contributed by atoms with Crippen LogP contribution in [0.4, 0.5) is 5.69 Å². The van der Waals surface area contributed by atoms with Crippen LogP contribution in [-0.2, 0) is 9.59 Å². The maximum atomic E-state index is 11.7. The highest BCUT2D eigenvalue weighted by atomic mass is 16.2. The van der Waals surface area contributed by atoms with Crippen molar-refractivity contribution in [3.8, 4) is 0 Å². The fourth-order valence-corrected chi connectivity index (χ4v) is 1.71. The average molecular weight is 277 g/mol. The molecule has 0 unspecified atom stereocenters. The summed E-state index contributed by atoms with van der Waals surface area (Å²) >= 11 is 0. The molecule has 3 N–H and O–H groups in total. The first-order valence-corrected chi connectivity index (χ1v) is 6.88. The molecular weight excluding hydrogens is 254 g/mol. The second-order valence-electron chi connectivity index (χ2n) is 4.76. The molecule has 1 rings (SSSR count). The third kappa shape index (κ3) is 5.40. The molecule has 20 heavy (non-hydrogen) atoms. The molecule has 0 aliphatic rings. The molecule has 5 nitrogen and oxygen atoms in total. The van der Waals surface area contributed by atoms with Crippen LogP contribution in [0.2, 0.25) is 0 Å². The molecule has 0 aliphatic carbocycles. The highest BCUT2D eigenvalue weighted by Gasteiger charge is 2.05. The monoisotopic (exact) mass is 277 g/mol. The Labute approximate surface area is 120 Å². The smallest absolute Gasteiger partial charge is 0.238 e. The van der Waals surface area contributed by atoms with Crippen LogP contribution in [0.5, 0.6) is 0 Å². The SMILES string of the molecule is CC[C@H](C)c1ccc(NC(=O)CNCC(=O)NC)cc1. The summed E-state index contributed by atoms with van der Waals surface area (Å²) in [6, 6.07) is 7.86. The van der Waals surface area contributed by atoms with E-state index >= 15 is 0 Å². The maximum absolute atomic E-state index is 11.7. The molecular formula is C15H23N3O2. The van der Waals surface area contributed by atoms with Crippen LogP contribution in [0.1, 0.15) is 31.7 Å². The fraction of sp³-hybridized carbons (Fsp3) is 0.467. The second kappa shape index (κ2) is 8.32. The topological polar surface area (TPSA) is 70.2 Å². The minimum atomic E-state index is -0.162. The number of likely N-dealkylation sites (N-methyl/N-ethyl adjacent to an activating group) is 1. The number of benzene rings is 1. The highest BCUT2D eigenvalue weighted by molar-refractivity contribution is 5.92. The van der Waals surface area contributed by atoms with E-state index in [4.69, 9.17) is 0 Å². The van der Waals surface area contributed by atoms with E-state index in [9.17, 15) is 9.59 Å². The van der Waals surface area contributed by atoms with Gasteiger partial charge in [0.05, 0.1) is 13.1 Å². The van der Waals surface area contributed by atoms with Crippen molar-refractivity contribution in [1.29, 1.82) is 0 Å². The largest absolute Gasteiger partial charge is 0.358 e. The molecule has 5 heteroatoms. The van der Waals surface area contributed by atoms with Gasteiger partial charge in [0, 0.05) is 12.7 Å². The molecule has 0 spiro atoms. The molecule has 1 aromatic carbocycles. The van der Waals surface area contributed by atoms with Crippen LogP contribution in [0.3, 0.4) is 0 Å². The lowest BCUT2D eigenvalue weighted by Gasteiger charge is -2.10. The Morgan fingerprint density at radius 3 is 2.25 bits per heavy atom. The normalized spacial score (nSPS) is 11.8. The number of rotatable bonds is 7. The fourth-order valence-electron chi connectivity index (χ4n) is 1.71. The van der Waals surface area contributed by atoms with Crippen LogP contribution in [0.25, 0.3) is 0 Å². The van der Waals surface area contributed by atoms with Crippen LogP contribution in [0.15, 0.2) is 24.3 Å². The molecule has 0 radical (unpaired) electrons. The Morgan fingerprint density at radius 2 is 1.70 bits per heavy atom. The summed E-state index contributed by atoms with van der Waals surface area (Å²) in [5.41, 5.74) is 2.03. The predicted molar refractivity (Wildman–Crippen MR) is 80.7 cm³/mol. The Hall–Kier alpha value is -1.88. The van der Waals surface area contributed by atoms with E-state index in [1.807, 2.05) is 24.3 Å². The first-order valence-electron chi connectivity index (χ1n) is 6.88. The third-order valence-electron chi connectivity index (χ3n) is 3.23. The van der Waals surface area contributed by atoms with Gasteiger partial charge >= 0.3 is 0 Å². The molecule has 0 aromatic heterocycles. The van der Waals surface area contributed by atoms with Crippen molar-refractivity contribution in [2.24, 2.45) is 0 Å². The van der Waals surface area contributed by atoms with Gasteiger partial charge in [0.2, 0.25) is 11.8 Å². The number of carbonyl (C=O) groups is 2. The number of carbonyl (C=O) groups excluding carboxylic acids is 2. The van der Waals surface area contributed by atoms with Gasteiger partial charge in [-0.05, 0) is 30.0 Å². The lowest BCUT2D eigenvalue weighted by atomic mass is 9.99. The van der Waals surface area contributed by atoms with E-state index in [0.717, 1.165) is 12.1 Å². The van der Waals surface area contributed by atoms with Crippen LogP contribution in [-0.4, -0.2) is 32.0 Å². The van der Waals surface area contributed by atoms with E-state index in [0.29, 0.717) is 5.92 Å². The minimum Gasteiger partial charge on any atom is -0.358 e. The zero-order valence-electron chi connectivity index (χ0n) is 12.3. The highest BCUT2D eigenvalue weighted by Crippen LogP contribution is 2.20. The van der Waals surface area contributed by atoms with Crippen molar-refractivity contribution in [2.45, 2.75) is 26.2 Å². The van der Waals surface area contributed by atoms with Gasteiger partial charge in [0.1, 0.15) is 0 Å². The lowest BCUT2D eigenvalue weighted by Crippen LogP contribution is -2.36. The van der Waals surface area contributed by atoms with Crippen LogP contribution >= 0.6 is 0 Å². The van der Waals surface area contributed by atoms with Gasteiger partial charge in [-0.3, -0.25) is 14.9 Å². The number of anilines is 1. The third-order valence-corrected chi connectivity index (χ3v) is 3.23. The second-order valence-corrected chi connectivity index (χ2v) is 4.76. The van der Waals surface area contributed by atoms with Crippen LogP contribution < -0.4 is 16.0 Å². The summed E-state index contributed by atoms with van der Waals surface area (Å²) in [6.07, 6.45) is 1.09. The zero-order valence-corrected chi connectivity index (χ0v) is 12.3. The zero-order chi connectivity index (χ0) is 15.0. The number of amides is 2. The van der Waals surface area contributed by atoms with Crippen molar-refractivity contribution in [1.82, 2.24) is 10.6 Å². The minimum absolute atomic E-state index is 0.112. The van der Waals surface area contributed by atoms with E-state index in [1.165, 1.54) is 5.56 Å². The summed E-state index contributed by atoms with van der Waals surface area (Å²) < 4.78 is 0. The average Bonchev–Trinajstić information content (AvgIpc) is 2.47. The van der Waals surface area contributed by atoms with Crippen LogP contribution in [0, 0.1) is 0 Å². The van der Waals surface area contributed by atoms with Gasteiger partial charge in [-0.2, -0.15) is 0 Å². The van der Waals surface area contributed by atoms with E-state index in [2.05, 4.69) is 29.8 Å². The molecule has 0 aliphatic heterocycles. The van der Waals surface area contributed by atoms with Crippen molar-refractivity contribution >= 4 is 17.5 Å². The van der Waals surface area contributed by atoms with Gasteiger partial charge in [0.25, 0.3) is 0 Å². The number of nitrogens with one attached hydrogen (secondary N) is 3. The first-order chi connectivity index (χ1) is 9.56.